The fourth-order valence-corrected chi connectivity index (χ4v) is 12.1. The zero-order valence-electron chi connectivity index (χ0n) is 35.5. The average Bonchev–Trinajstić information content (AvgIpc) is 4.17. The van der Waals surface area contributed by atoms with Crippen LogP contribution in [0.15, 0.2) is 60.5 Å². The Bertz CT molecular complexity index is 2600. The normalized spacial score (nSPS) is 25.5. The van der Waals surface area contributed by atoms with E-state index in [9.17, 15) is 23.3 Å². The number of fused-ring (bicyclic) bond motifs is 1. The number of methoxy groups -OCH3 is 1. The predicted molar refractivity (Wildman–Crippen MR) is 234 cm³/mol. The Morgan fingerprint density at radius 3 is 2.47 bits per heavy atom. The van der Waals surface area contributed by atoms with E-state index in [2.05, 4.69) is 31.2 Å². The van der Waals surface area contributed by atoms with Crippen LogP contribution >= 0.6 is 11.3 Å². The summed E-state index contributed by atoms with van der Waals surface area (Å²) >= 11 is 1.46. The molecular formula is C46H53N6O8S2+. The van der Waals surface area contributed by atoms with Gasteiger partial charge in [0.1, 0.15) is 34.5 Å². The quantitative estimate of drug-likeness (QED) is 0.0963. The molecule has 3 N–H and O–H groups in total. The van der Waals surface area contributed by atoms with Crippen LogP contribution in [0.2, 0.25) is 0 Å². The number of hydrogen-bond donors (Lipinski definition) is 2. The molecule has 3 aliphatic carbocycles. The maximum atomic E-state index is 16.2. The van der Waals surface area contributed by atoms with E-state index in [0.717, 1.165) is 30.5 Å². The number of carbonyl (C=O) groups excluding carboxylic acids is 3. The zero-order valence-corrected chi connectivity index (χ0v) is 37.1. The molecule has 0 radical (unpaired) electrons. The number of benzene rings is 2. The molecule has 14 nitrogen and oxygen atoms in total. The first kappa shape index (κ1) is 43.3. The molecule has 6 atom stereocenters. The van der Waals surface area contributed by atoms with Crippen molar-refractivity contribution in [1.82, 2.24) is 14.7 Å². The molecule has 1 unspecified atom stereocenters. The number of sulfonamides is 1. The van der Waals surface area contributed by atoms with Gasteiger partial charge in [-0.3, -0.25) is 9.59 Å². The molecule has 4 aromatic rings. The van der Waals surface area contributed by atoms with Crippen molar-refractivity contribution in [2.45, 2.75) is 114 Å². The average molecular weight is 882 g/mol. The molecule has 3 amide bonds. The number of pyridine rings is 1. The van der Waals surface area contributed by atoms with E-state index in [4.69, 9.17) is 29.9 Å². The Hall–Kier alpha value is -5.37. The zero-order chi connectivity index (χ0) is 44.1. The summed E-state index contributed by atoms with van der Waals surface area (Å²) in [7, 11) is -2.51. The molecule has 326 valence electrons. The maximum absolute atomic E-state index is 16.2. The van der Waals surface area contributed by atoms with Crippen LogP contribution in [0.1, 0.15) is 94.4 Å². The molecule has 16 heteroatoms. The van der Waals surface area contributed by atoms with E-state index in [1.54, 1.807) is 43.5 Å². The van der Waals surface area contributed by atoms with E-state index in [-0.39, 0.29) is 37.0 Å². The standard InChI is InChI=1S/C46H52N6O8S2/c1-6-30-22-46(30,45(55)51-62(56,57)33-15-16-33)52(44(54)41(29-12-8-7-9-13-29)60-31-14-10-11-28(19-31)23-47)24-32(20-37(52)42(48)53)59-39-21-35(43-50-36(25-61-43)26(2)3)49-40-27(4)38(58-5)18-17-34(39)40/h6,10-11,14,17-19,21,25-26,29-30,32-33,37,41H,1,7-9,12-13,15-16,20,22,24H2,2-5H3,(H2-,48,51,53,55)/p+1/t30-,32-,37+,41+,46-,52?/m1/s1. The lowest BCUT2D eigenvalue weighted by Crippen LogP contribution is -2.74. The minimum Gasteiger partial charge on any atom is -0.496 e. The third-order valence-electron chi connectivity index (χ3n) is 13.3. The molecule has 8 rings (SSSR count). The van der Waals surface area contributed by atoms with Crippen LogP contribution in [-0.2, 0) is 24.4 Å². The van der Waals surface area contributed by atoms with Gasteiger partial charge in [-0.15, -0.1) is 17.9 Å². The van der Waals surface area contributed by atoms with Crippen molar-refractivity contribution in [3.8, 4) is 34.0 Å². The van der Waals surface area contributed by atoms with Gasteiger partial charge in [0, 0.05) is 40.7 Å². The highest BCUT2D eigenvalue weighted by Crippen LogP contribution is 2.59. The first-order valence-electron chi connectivity index (χ1n) is 21.3. The summed E-state index contributed by atoms with van der Waals surface area (Å²) < 4.78 is 47.9. The molecule has 3 saturated carbocycles. The molecule has 0 spiro atoms. The Kier molecular flexibility index (Phi) is 11.7. The fourth-order valence-electron chi connectivity index (χ4n) is 9.84. The summed E-state index contributed by atoms with van der Waals surface area (Å²) in [5, 5.41) is 12.3. The lowest BCUT2D eigenvalue weighted by molar-refractivity contribution is -0.887. The van der Waals surface area contributed by atoms with Crippen molar-refractivity contribution < 1.29 is 41.5 Å². The van der Waals surface area contributed by atoms with E-state index >= 15 is 4.79 Å². The van der Waals surface area contributed by atoms with Gasteiger partial charge in [0.15, 0.2) is 17.7 Å². The van der Waals surface area contributed by atoms with Crippen molar-refractivity contribution in [1.29, 1.82) is 5.26 Å². The molecule has 2 aromatic heterocycles. The van der Waals surface area contributed by atoms with Crippen LogP contribution in [-0.4, -0.2) is 83.3 Å². The topological polar surface area (TPSA) is 201 Å². The van der Waals surface area contributed by atoms with Gasteiger partial charge >= 0.3 is 5.91 Å². The minimum absolute atomic E-state index is 0.0373. The van der Waals surface area contributed by atoms with Crippen molar-refractivity contribution in [2.24, 2.45) is 17.6 Å². The van der Waals surface area contributed by atoms with Gasteiger partial charge in [-0.1, -0.05) is 45.3 Å². The molecule has 1 saturated heterocycles. The van der Waals surface area contributed by atoms with Crippen molar-refractivity contribution >= 4 is 50.0 Å². The monoisotopic (exact) mass is 881 g/mol. The van der Waals surface area contributed by atoms with Crippen molar-refractivity contribution in [3.05, 3.63) is 77.3 Å². The lowest BCUT2D eigenvalue weighted by Gasteiger charge is -2.45. The number of hydrogen-bond acceptors (Lipinski definition) is 12. The van der Waals surface area contributed by atoms with E-state index in [1.165, 1.54) is 11.3 Å². The Labute approximate surface area is 366 Å². The highest BCUT2D eigenvalue weighted by atomic mass is 32.2. The summed E-state index contributed by atoms with van der Waals surface area (Å²) in [4.78, 5) is 55.1. The van der Waals surface area contributed by atoms with E-state index in [1.807, 2.05) is 24.4 Å². The minimum atomic E-state index is -4.10. The first-order valence-corrected chi connectivity index (χ1v) is 23.8. The number of carbonyl (C=O) groups is 3. The summed E-state index contributed by atoms with van der Waals surface area (Å²) in [5.74, 6) is -1.79. The molecule has 2 aromatic carbocycles. The highest BCUT2D eigenvalue weighted by molar-refractivity contribution is 7.91. The molecule has 62 heavy (non-hydrogen) atoms. The van der Waals surface area contributed by atoms with Gasteiger partial charge in [0.2, 0.25) is 16.1 Å². The van der Waals surface area contributed by atoms with E-state index < -0.39 is 67.2 Å². The van der Waals surface area contributed by atoms with Crippen LogP contribution in [0.25, 0.3) is 21.6 Å². The predicted octanol–water partition coefficient (Wildman–Crippen LogP) is 6.60. The second kappa shape index (κ2) is 16.7. The summed E-state index contributed by atoms with van der Waals surface area (Å²) in [6.07, 6.45) is 4.17. The van der Waals surface area contributed by atoms with Gasteiger partial charge in [0.05, 0.1) is 41.6 Å². The van der Waals surface area contributed by atoms with Crippen LogP contribution in [0.3, 0.4) is 0 Å². The smallest absolute Gasteiger partial charge is 0.356 e. The number of aromatic nitrogens is 2. The number of primary amides is 1. The van der Waals surface area contributed by atoms with Crippen molar-refractivity contribution in [3.63, 3.8) is 0 Å². The molecule has 4 fully saturated rings. The Balaban J connectivity index is 1.28. The third-order valence-corrected chi connectivity index (χ3v) is 16.0. The number of nitriles is 1. The number of thiazole rings is 1. The number of nitrogens with two attached hydrogens (primary N) is 1. The maximum Gasteiger partial charge on any atom is 0.356 e. The number of aryl methyl sites for hydroxylation is 1. The van der Waals surface area contributed by atoms with E-state index in [0.29, 0.717) is 64.4 Å². The van der Waals surface area contributed by atoms with Crippen molar-refractivity contribution in [2.75, 3.05) is 13.7 Å². The van der Waals surface area contributed by atoms with Gasteiger partial charge in [-0.2, -0.15) is 5.26 Å². The number of quaternary nitrogens is 1. The molecule has 4 aliphatic rings. The molecule has 0 bridgehead atoms. The molecular weight excluding hydrogens is 829 g/mol. The number of rotatable bonds is 15. The summed E-state index contributed by atoms with van der Waals surface area (Å²) in [6.45, 7) is 9.84. The first-order chi connectivity index (χ1) is 29.7. The van der Waals surface area contributed by atoms with Gasteiger partial charge < -0.3 is 19.9 Å². The molecule has 3 heterocycles. The largest absolute Gasteiger partial charge is 0.496 e. The second-order valence-corrected chi connectivity index (χ2v) is 20.4. The van der Waals surface area contributed by atoms with Gasteiger partial charge in [-0.05, 0) is 68.9 Å². The summed E-state index contributed by atoms with van der Waals surface area (Å²) in [5.41, 5.74) is 7.76. The Morgan fingerprint density at radius 2 is 1.84 bits per heavy atom. The number of amides is 3. The molecule has 1 aliphatic heterocycles. The van der Waals surface area contributed by atoms with Gasteiger partial charge in [-0.25, -0.2) is 32.4 Å². The fraction of sp³-hybridized carbons (Fsp3) is 0.478. The SMILES string of the molecule is C=C[C@@H]1C[C@@]1(C(=O)NS(=O)(=O)C1CC1)[N+]1(C(=O)[C@@H](Oc2cccc(C#N)c2)C2CCCCC2)C[C@H](Oc2cc(-c3nc(C(C)C)cs3)nc3c(C)c(OC)ccc23)C[C@H]1C(N)=O. The third kappa shape index (κ3) is 7.62. The number of likely N-dealkylation sites (tertiary alicyclic amines) is 1. The summed E-state index contributed by atoms with van der Waals surface area (Å²) in [6, 6.07) is 12.8. The van der Waals surface area contributed by atoms with Crippen LogP contribution in [0.5, 0.6) is 17.2 Å². The number of nitrogens with one attached hydrogen (secondary N) is 1. The van der Waals surface area contributed by atoms with Crippen LogP contribution in [0, 0.1) is 30.1 Å². The second-order valence-electron chi connectivity index (χ2n) is 17.5. The number of ether oxygens (including phenoxy) is 3. The van der Waals surface area contributed by atoms with Crippen LogP contribution in [0.4, 0.5) is 0 Å². The lowest BCUT2D eigenvalue weighted by atomic mass is 9.83. The van der Waals surface area contributed by atoms with Gasteiger partial charge in [0.25, 0.3) is 11.8 Å². The Morgan fingerprint density at radius 1 is 1.08 bits per heavy atom. The highest BCUT2D eigenvalue weighted by Gasteiger charge is 2.81. The van der Waals surface area contributed by atoms with Crippen LogP contribution < -0.4 is 24.7 Å². The number of nitrogens with zero attached hydrogens (tertiary/aromatic N) is 4.